The fraction of sp³-hybridized carbons (Fsp3) is 0.320. The van der Waals surface area contributed by atoms with E-state index >= 15 is 0 Å². The monoisotopic (exact) mass is 455 g/mol. The van der Waals surface area contributed by atoms with E-state index in [1.807, 2.05) is 37.3 Å². The first-order chi connectivity index (χ1) is 15.0. The maximum atomic E-state index is 13.2. The van der Waals surface area contributed by atoms with Crippen LogP contribution < -0.4 is 0 Å². The van der Waals surface area contributed by atoms with Crippen molar-refractivity contribution >= 4 is 40.7 Å². The van der Waals surface area contributed by atoms with Crippen LogP contribution in [0.3, 0.4) is 0 Å². The Balaban J connectivity index is 1.66. The summed E-state index contributed by atoms with van der Waals surface area (Å²) < 4.78 is 5.66. The molecule has 0 bridgehead atoms. The van der Waals surface area contributed by atoms with Crippen LogP contribution in [-0.2, 0) is 20.7 Å². The van der Waals surface area contributed by atoms with E-state index in [-0.39, 0.29) is 12.4 Å². The highest BCUT2D eigenvalue weighted by Gasteiger charge is 2.43. The maximum absolute atomic E-state index is 13.2. The molecule has 1 unspecified atom stereocenters. The molecule has 2 atom stereocenters. The van der Waals surface area contributed by atoms with Gasteiger partial charge in [0.15, 0.2) is 5.78 Å². The Labute approximate surface area is 191 Å². The van der Waals surface area contributed by atoms with Gasteiger partial charge in [0.1, 0.15) is 5.92 Å². The average Bonchev–Trinajstić information content (AvgIpc) is 2.74. The summed E-state index contributed by atoms with van der Waals surface area (Å²) >= 11 is 12.6. The SMILES string of the molecule is CC1=NC2=C(C(=O)CCC2)[C@H](c2ccc(Cl)cc2Cl)C1C(=O)OCCc1ccccc1. The molecule has 0 saturated carbocycles. The number of nitrogens with zero attached hydrogens (tertiary/aromatic N) is 1. The van der Waals surface area contributed by atoms with Crippen LogP contribution in [0.1, 0.15) is 43.2 Å². The summed E-state index contributed by atoms with van der Waals surface area (Å²) in [5.74, 6) is -1.58. The fourth-order valence-corrected chi connectivity index (χ4v) is 4.93. The predicted molar refractivity (Wildman–Crippen MR) is 123 cm³/mol. The molecule has 0 amide bonds. The zero-order chi connectivity index (χ0) is 22.0. The number of allylic oxidation sites excluding steroid dienone is 2. The van der Waals surface area contributed by atoms with Gasteiger partial charge < -0.3 is 4.74 Å². The van der Waals surface area contributed by atoms with Crippen molar-refractivity contribution in [1.29, 1.82) is 0 Å². The third-order valence-corrected chi connectivity index (χ3v) is 6.43. The van der Waals surface area contributed by atoms with E-state index in [2.05, 4.69) is 4.99 Å². The average molecular weight is 456 g/mol. The van der Waals surface area contributed by atoms with Gasteiger partial charge in [0.05, 0.1) is 6.61 Å². The molecule has 2 aromatic rings. The summed E-state index contributed by atoms with van der Waals surface area (Å²) in [6, 6.07) is 15.0. The Bertz CT molecular complexity index is 1080. The van der Waals surface area contributed by atoms with Crippen molar-refractivity contribution < 1.29 is 14.3 Å². The van der Waals surface area contributed by atoms with E-state index in [1.54, 1.807) is 18.2 Å². The highest BCUT2D eigenvalue weighted by Crippen LogP contribution is 2.45. The van der Waals surface area contributed by atoms with Gasteiger partial charge in [-0.2, -0.15) is 0 Å². The zero-order valence-electron chi connectivity index (χ0n) is 17.2. The molecule has 1 aliphatic carbocycles. The van der Waals surface area contributed by atoms with Crippen LogP contribution in [0.15, 0.2) is 64.8 Å². The number of hydrogen-bond acceptors (Lipinski definition) is 4. The Hall–Kier alpha value is -2.43. The molecule has 1 heterocycles. The molecule has 0 fully saturated rings. The third-order valence-electron chi connectivity index (χ3n) is 5.86. The van der Waals surface area contributed by atoms with Crippen molar-refractivity contribution in [3.05, 3.63) is 81.0 Å². The molecule has 0 radical (unpaired) electrons. The fourth-order valence-electron chi connectivity index (χ4n) is 4.41. The molecule has 0 spiro atoms. The number of Topliss-reactive ketones (excluding diaryl/α,β-unsaturated/α-hetero) is 1. The van der Waals surface area contributed by atoms with Crippen LogP contribution in [0.4, 0.5) is 0 Å². The van der Waals surface area contributed by atoms with Crippen molar-refractivity contribution in [3.63, 3.8) is 0 Å². The molecular formula is C25H23Cl2NO3. The molecule has 4 rings (SSSR count). The molecule has 4 nitrogen and oxygen atoms in total. The molecule has 160 valence electrons. The van der Waals surface area contributed by atoms with Gasteiger partial charge >= 0.3 is 5.97 Å². The minimum atomic E-state index is -0.699. The first kappa shape index (κ1) is 21.8. The lowest BCUT2D eigenvalue weighted by molar-refractivity contribution is -0.146. The van der Waals surface area contributed by atoms with E-state index < -0.39 is 17.8 Å². The summed E-state index contributed by atoms with van der Waals surface area (Å²) in [6.45, 7) is 2.08. The summed E-state index contributed by atoms with van der Waals surface area (Å²) in [5.41, 5.74) is 3.79. The molecule has 0 N–H and O–H groups in total. The zero-order valence-corrected chi connectivity index (χ0v) is 18.7. The topological polar surface area (TPSA) is 55.7 Å². The van der Waals surface area contributed by atoms with Gasteiger partial charge in [0.25, 0.3) is 0 Å². The number of carbonyl (C=O) groups is 2. The van der Waals surface area contributed by atoms with Gasteiger partial charge in [-0.1, -0.05) is 59.6 Å². The van der Waals surface area contributed by atoms with Crippen LogP contribution >= 0.6 is 23.2 Å². The van der Waals surface area contributed by atoms with Gasteiger partial charge in [-0.15, -0.1) is 0 Å². The standard InChI is InChI=1S/C25H23Cl2NO3/c1-15-22(25(30)31-13-12-16-6-3-2-4-7-16)23(18-11-10-17(26)14-19(18)27)24-20(28-15)8-5-9-21(24)29/h2-4,6-7,10-11,14,22-23H,5,8-9,12-13H2,1H3/t22?,23-/m1/s1. The number of rotatable bonds is 5. The number of hydrogen-bond donors (Lipinski definition) is 0. The van der Waals surface area contributed by atoms with Crippen molar-refractivity contribution in [3.8, 4) is 0 Å². The number of esters is 1. The quantitative estimate of drug-likeness (QED) is 0.522. The van der Waals surface area contributed by atoms with Gasteiger partial charge in [0.2, 0.25) is 0 Å². The molecule has 1 aliphatic heterocycles. The lowest BCUT2D eigenvalue weighted by atomic mass is 9.71. The Kier molecular flexibility index (Phi) is 6.59. The highest BCUT2D eigenvalue weighted by molar-refractivity contribution is 6.35. The second-order valence-corrected chi connectivity index (χ2v) is 8.76. The maximum Gasteiger partial charge on any atom is 0.315 e. The second-order valence-electron chi connectivity index (χ2n) is 7.91. The molecule has 2 aromatic carbocycles. The summed E-state index contributed by atoms with van der Waals surface area (Å²) in [5, 5.41) is 0.931. The normalized spacial score (nSPS) is 20.9. The molecule has 6 heteroatoms. The van der Waals surface area contributed by atoms with Crippen LogP contribution in [0.25, 0.3) is 0 Å². The van der Waals surface area contributed by atoms with Gasteiger partial charge in [0, 0.05) is 45.8 Å². The van der Waals surface area contributed by atoms with E-state index in [0.29, 0.717) is 39.7 Å². The number of benzene rings is 2. The van der Waals surface area contributed by atoms with Gasteiger partial charge in [-0.25, -0.2) is 0 Å². The first-order valence-electron chi connectivity index (χ1n) is 10.4. The Morgan fingerprint density at radius 1 is 1.13 bits per heavy atom. The predicted octanol–water partition coefficient (Wildman–Crippen LogP) is 5.96. The van der Waals surface area contributed by atoms with Crippen molar-refractivity contribution in [1.82, 2.24) is 0 Å². The number of ether oxygens (including phenoxy) is 1. The summed E-state index contributed by atoms with van der Waals surface area (Å²) in [6.07, 6.45) is 2.55. The molecule has 0 saturated heterocycles. The lowest BCUT2D eigenvalue weighted by Crippen LogP contribution is -2.37. The summed E-state index contributed by atoms with van der Waals surface area (Å²) in [4.78, 5) is 30.8. The van der Waals surface area contributed by atoms with Gasteiger partial charge in [-0.05, 0) is 43.0 Å². The minimum Gasteiger partial charge on any atom is -0.465 e. The van der Waals surface area contributed by atoms with E-state index in [1.165, 1.54) is 0 Å². The number of halogens is 2. The summed E-state index contributed by atoms with van der Waals surface area (Å²) in [7, 11) is 0. The number of ketones is 1. The van der Waals surface area contributed by atoms with Crippen molar-refractivity contribution in [2.75, 3.05) is 6.61 Å². The molecule has 2 aliphatic rings. The second kappa shape index (κ2) is 9.37. The van der Waals surface area contributed by atoms with Gasteiger partial charge in [-0.3, -0.25) is 14.6 Å². The van der Waals surface area contributed by atoms with Crippen LogP contribution in [0.5, 0.6) is 0 Å². The lowest BCUT2D eigenvalue weighted by Gasteiger charge is -2.34. The van der Waals surface area contributed by atoms with Crippen LogP contribution in [0, 0.1) is 5.92 Å². The minimum absolute atomic E-state index is 0.0237. The van der Waals surface area contributed by atoms with Crippen molar-refractivity contribution in [2.24, 2.45) is 10.9 Å². The van der Waals surface area contributed by atoms with Crippen LogP contribution in [0.2, 0.25) is 10.0 Å². The van der Waals surface area contributed by atoms with Crippen molar-refractivity contribution in [2.45, 2.75) is 38.5 Å². The molecular weight excluding hydrogens is 433 g/mol. The highest BCUT2D eigenvalue weighted by atomic mass is 35.5. The van der Waals surface area contributed by atoms with Crippen LogP contribution in [-0.4, -0.2) is 24.1 Å². The number of carbonyl (C=O) groups excluding carboxylic acids is 2. The molecule has 31 heavy (non-hydrogen) atoms. The first-order valence-corrected chi connectivity index (χ1v) is 11.2. The Morgan fingerprint density at radius 2 is 1.90 bits per heavy atom. The van der Waals surface area contributed by atoms with E-state index in [4.69, 9.17) is 27.9 Å². The number of aliphatic imine (C=N–C) groups is 1. The Morgan fingerprint density at radius 3 is 2.65 bits per heavy atom. The molecule has 0 aromatic heterocycles. The largest absolute Gasteiger partial charge is 0.465 e. The smallest absolute Gasteiger partial charge is 0.315 e. The van der Waals surface area contributed by atoms with E-state index in [9.17, 15) is 9.59 Å². The van der Waals surface area contributed by atoms with E-state index in [0.717, 1.165) is 24.1 Å². The third kappa shape index (κ3) is 4.60.